The number of unbranched alkanes of at least 4 members (excludes halogenated alkanes) is 1. The van der Waals surface area contributed by atoms with Crippen molar-refractivity contribution >= 4 is 21.8 Å². The normalized spacial score (nSPS) is 25.5. The molecule has 0 aromatic carbocycles. The van der Waals surface area contributed by atoms with E-state index in [2.05, 4.69) is 28.2 Å². The summed E-state index contributed by atoms with van der Waals surface area (Å²) in [5, 5.41) is 4.15. The van der Waals surface area contributed by atoms with E-state index in [-0.39, 0.29) is 5.91 Å². The molecule has 0 aliphatic heterocycles. The summed E-state index contributed by atoms with van der Waals surface area (Å²) in [6, 6.07) is 0. The smallest absolute Gasteiger partial charge is 0.220 e. The van der Waals surface area contributed by atoms with Crippen molar-refractivity contribution in [3.8, 4) is 0 Å². The molecule has 1 rings (SSSR count). The van der Waals surface area contributed by atoms with E-state index in [1.807, 2.05) is 0 Å². The van der Waals surface area contributed by atoms with Gasteiger partial charge < -0.3 is 5.32 Å². The van der Waals surface area contributed by atoms with Gasteiger partial charge in [-0.25, -0.2) is 0 Å². The molecule has 1 saturated carbocycles. The lowest BCUT2D eigenvalue weighted by Crippen LogP contribution is -2.30. The fraction of sp³-hybridized carbons (Fsp3) is 0.917. The lowest BCUT2D eigenvalue weighted by Gasteiger charge is -2.17. The third-order valence-electron chi connectivity index (χ3n) is 3.33. The first-order valence-electron chi connectivity index (χ1n) is 6.10. The molecule has 1 amide bonds. The fourth-order valence-corrected chi connectivity index (χ4v) is 3.11. The van der Waals surface area contributed by atoms with E-state index in [1.165, 1.54) is 19.3 Å². The van der Waals surface area contributed by atoms with Crippen molar-refractivity contribution in [3.05, 3.63) is 0 Å². The zero-order valence-electron chi connectivity index (χ0n) is 9.60. The van der Waals surface area contributed by atoms with Gasteiger partial charge in [-0.15, -0.1) is 0 Å². The molecule has 88 valence electrons. The lowest BCUT2D eigenvalue weighted by atomic mass is 9.98. The highest BCUT2D eigenvalue weighted by atomic mass is 79.9. The van der Waals surface area contributed by atoms with Gasteiger partial charge in [0.05, 0.1) is 0 Å². The van der Waals surface area contributed by atoms with Crippen LogP contribution >= 0.6 is 15.9 Å². The van der Waals surface area contributed by atoms with Gasteiger partial charge in [0.25, 0.3) is 0 Å². The molecular formula is C12H22BrNO. The SMILES string of the molecule is CCCCC(=O)NCC1CCCC1CBr. The van der Waals surface area contributed by atoms with E-state index in [0.717, 1.165) is 30.6 Å². The van der Waals surface area contributed by atoms with Crippen LogP contribution in [0.1, 0.15) is 45.4 Å². The first kappa shape index (κ1) is 13.0. The average Bonchev–Trinajstić information content (AvgIpc) is 2.70. The third-order valence-corrected chi connectivity index (χ3v) is 4.17. The van der Waals surface area contributed by atoms with E-state index in [4.69, 9.17) is 0 Å². The Labute approximate surface area is 101 Å². The van der Waals surface area contributed by atoms with Gasteiger partial charge in [-0.05, 0) is 31.1 Å². The van der Waals surface area contributed by atoms with Crippen LogP contribution in [0.2, 0.25) is 0 Å². The molecule has 0 spiro atoms. The van der Waals surface area contributed by atoms with Gasteiger partial charge in [0.2, 0.25) is 5.91 Å². The molecule has 2 nitrogen and oxygen atoms in total. The Kier molecular flexibility index (Phi) is 6.30. The van der Waals surface area contributed by atoms with E-state index in [9.17, 15) is 4.79 Å². The lowest BCUT2D eigenvalue weighted by molar-refractivity contribution is -0.121. The minimum absolute atomic E-state index is 0.233. The van der Waals surface area contributed by atoms with E-state index in [1.54, 1.807) is 0 Å². The van der Waals surface area contributed by atoms with Crippen molar-refractivity contribution in [1.82, 2.24) is 5.32 Å². The molecule has 0 radical (unpaired) electrons. The molecule has 15 heavy (non-hydrogen) atoms. The predicted octanol–water partition coefficient (Wildman–Crippen LogP) is 3.10. The number of hydrogen-bond acceptors (Lipinski definition) is 1. The standard InChI is InChI=1S/C12H22BrNO/c1-2-3-7-12(15)14-9-11-6-4-5-10(11)8-13/h10-11H,2-9H2,1H3,(H,14,15). The highest BCUT2D eigenvalue weighted by Crippen LogP contribution is 2.32. The van der Waals surface area contributed by atoms with Crippen LogP contribution in [0.3, 0.4) is 0 Å². The summed E-state index contributed by atoms with van der Waals surface area (Å²) in [5.74, 6) is 1.71. The number of halogens is 1. The molecule has 0 aromatic rings. The van der Waals surface area contributed by atoms with Crippen molar-refractivity contribution in [3.63, 3.8) is 0 Å². The number of carbonyl (C=O) groups excluding carboxylic acids is 1. The molecule has 2 atom stereocenters. The molecule has 1 fully saturated rings. The second kappa shape index (κ2) is 7.26. The molecule has 0 bridgehead atoms. The number of nitrogens with one attached hydrogen (secondary N) is 1. The molecule has 0 saturated heterocycles. The highest BCUT2D eigenvalue weighted by molar-refractivity contribution is 9.09. The minimum Gasteiger partial charge on any atom is -0.356 e. The van der Waals surface area contributed by atoms with Crippen LogP contribution in [0.25, 0.3) is 0 Å². The van der Waals surface area contributed by atoms with Gasteiger partial charge >= 0.3 is 0 Å². The fourth-order valence-electron chi connectivity index (χ4n) is 2.26. The maximum Gasteiger partial charge on any atom is 0.220 e. The van der Waals surface area contributed by atoms with Crippen molar-refractivity contribution in [2.24, 2.45) is 11.8 Å². The summed E-state index contributed by atoms with van der Waals surface area (Å²) in [6.07, 6.45) is 6.73. The monoisotopic (exact) mass is 275 g/mol. The Morgan fingerprint density at radius 2 is 2.13 bits per heavy atom. The predicted molar refractivity (Wildman–Crippen MR) is 67.2 cm³/mol. The van der Waals surface area contributed by atoms with Crippen molar-refractivity contribution in [1.29, 1.82) is 0 Å². The van der Waals surface area contributed by atoms with Crippen LogP contribution in [0.5, 0.6) is 0 Å². The van der Waals surface area contributed by atoms with Gasteiger partial charge in [-0.1, -0.05) is 35.7 Å². The minimum atomic E-state index is 0.233. The summed E-state index contributed by atoms with van der Waals surface area (Å²) in [4.78, 5) is 11.4. The zero-order valence-corrected chi connectivity index (χ0v) is 11.2. The number of rotatable bonds is 6. The van der Waals surface area contributed by atoms with Gasteiger partial charge in [0.1, 0.15) is 0 Å². The molecule has 1 aliphatic carbocycles. The summed E-state index contributed by atoms with van der Waals surface area (Å²) in [7, 11) is 0. The Hall–Kier alpha value is -0.0500. The summed E-state index contributed by atoms with van der Waals surface area (Å²) < 4.78 is 0. The molecule has 0 aromatic heterocycles. The quantitative estimate of drug-likeness (QED) is 0.742. The van der Waals surface area contributed by atoms with Gasteiger partial charge in [0, 0.05) is 18.3 Å². The van der Waals surface area contributed by atoms with Crippen LogP contribution in [-0.4, -0.2) is 17.8 Å². The number of amides is 1. The van der Waals surface area contributed by atoms with Gasteiger partial charge in [0.15, 0.2) is 0 Å². The molecule has 0 heterocycles. The zero-order chi connectivity index (χ0) is 11.1. The second-order valence-electron chi connectivity index (χ2n) is 4.51. The number of hydrogen-bond donors (Lipinski definition) is 1. The Balaban J connectivity index is 2.15. The molecule has 2 unspecified atom stereocenters. The van der Waals surface area contributed by atoms with Crippen molar-refractivity contribution < 1.29 is 4.79 Å². The summed E-state index contributed by atoms with van der Waals surface area (Å²) >= 11 is 3.55. The second-order valence-corrected chi connectivity index (χ2v) is 5.16. The van der Waals surface area contributed by atoms with Crippen LogP contribution < -0.4 is 5.32 Å². The number of carbonyl (C=O) groups is 1. The first-order chi connectivity index (χ1) is 7.27. The van der Waals surface area contributed by atoms with Crippen LogP contribution in [0.15, 0.2) is 0 Å². The Bertz CT molecular complexity index is 196. The maximum absolute atomic E-state index is 11.4. The summed E-state index contributed by atoms with van der Waals surface area (Å²) in [6.45, 7) is 3.00. The van der Waals surface area contributed by atoms with E-state index in [0.29, 0.717) is 12.3 Å². The van der Waals surface area contributed by atoms with Crippen LogP contribution in [0, 0.1) is 11.8 Å². The highest BCUT2D eigenvalue weighted by Gasteiger charge is 2.26. The Morgan fingerprint density at radius 3 is 2.80 bits per heavy atom. The van der Waals surface area contributed by atoms with Crippen molar-refractivity contribution in [2.75, 3.05) is 11.9 Å². The van der Waals surface area contributed by atoms with Crippen LogP contribution in [-0.2, 0) is 4.79 Å². The van der Waals surface area contributed by atoms with Gasteiger partial charge in [-0.2, -0.15) is 0 Å². The largest absolute Gasteiger partial charge is 0.356 e. The third kappa shape index (κ3) is 4.54. The first-order valence-corrected chi connectivity index (χ1v) is 7.22. The Morgan fingerprint density at radius 1 is 1.40 bits per heavy atom. The van der Waals surface area contributed by atoms with Crippen LogP contribution in [0.4, 0.5) is 0 Å². The topological polar surface area (TPSA) is 29.1 Å². The molecular weight excluding hydrogens is 254 g/mol. The van der Waals surface area contributed by atoms with E-state index < -0.39 is 0 Å². The average molecular weight is 276 g/mol. The molecule has 1 N–H and O–H groups in total. The molecule has 1 aliphatic rings. The van der Waals surface area contributed by atoms with Crippen molar-refractivity contribution in [2.45, 2.75) is 45.4 Å². The maximum atomic E-state index is 11.4. The summed E-state index contributed by atoms with van der Waals surface area (Å²) in [5.41, 5.74) is 0. The van der Waals surface area contributed by atoms with E-state index >= 15 is 0 Å². The number of alkyl halides is 1. The van der Waals surface area contributed by atoms with Gasteiger partial charge in [-0.3, -0.25) is 4.79 Å². The molecule has 3 heteroatoms.